The maximum atomic E-state index is 12.7. The highest BCUT2D eigenvalue weighted by Gasteiger charge is 2.30. The average Bonchev–Trinajstić information content (AvgIpc) is 2.89. The molecule has 0 radical (unpaired) electrons. The van der Waals surface area contributed by atoms with Crippen LogP contribution >= 0.6 is 11.3 Å². The van der Waals surface area contributed by atoms with Crippen molar-refractivity contribution in [2.45, 2.75) is 6.18 Å². The van der Waals surface area contributed by atoms with E-state index in [0.717, 1.165) is 12.1 Å². The quantitative estimate of drug-likeness (QED) is 0.743. The lowest BCUT2D eigenvalue weighted by Crippen LogP contribution is -2.03. The van der Waals surface area contributed by atoms with Crippen LogP contribution in [0.3, 0.4) is 0 Å². The van der Waals surface area contributed by atoms with E-state index in [-0.39, 0.29) is 11.3 Å². The van der Waals surface area contributed by atoms with E-state index in [2.05, 4.69) is 4.98 Å². The zero-order valence-electron chi connectivity index (χ0n) is 11.3. The summed E-state index contributed by atoms with van der Waals surface area (Å²) in [6.07, 6.45) is -4.39. The molecule has 0 amide bonds. The Morgan fingerprint density at radius 3 is 2.55 bits per heavy atom. The fraction of sp³-hybridized carbons (Fsp3) is 0.133. The molecule has 114 valence electrons. The van der Waals surface area contributed by atoms with E-state index in [0.29, 0.717) is 21.0 Å². The second kappa shape index (κ2) is 5.17. The molecule has 0 aliphatic rings. The van der Waals surface area contributed by atoms with Gasteiger partial charge in [0.2, 0.25) is 0 Å². The molecular weight excluding hydrogens is 315 g/mol. The summed E-state index contributed by atoms with van der Waals surface area (Å²) >= 11 is 1.26. The highest BCUT2D eigenvalue weighted by molar-refractivity contribution is 7.21. The number of rotatable bonds is 2. The fourth-order valence-corrected chi connectivity index (χ4v) is 2.99. The molecule has 0 bridgehead atoms. The van der Waals surface area contributed by atoms with Crippen molar-refractivity contribution in [2.75, 3.05) is 7.11 Å². The topological polar surface area (TPSA) is 42.4 Å². The summed E-state index contributed by atoms with van der Waals surface area (Å²) in [7, 11) is 1.44. The molecule has 7 heteroatoms. The maximum absolute atomic E-state index is 12.7. The number of ether oxygens (including phenoxy) is 1. The smallest absolute Gasteiger partial charge is 0.416 e. The highest BCUT2D eigenvalue weighted by atomic mass is 32.1. The predicted molar refractivity (Wildman–Crippen MR) is 78.3 cm³/mol. The van der Waals surface area contributed by atoms with Crippen LogP contribution in [0.2, 0.25) is 0 Å². The van der Waals surface area contributed by atoms with Gasteiger partial charge >= 0.3 is 6.18 Å². The van der Waals surface area contributed by atoms with Crippen LogP contribution in [0.5, 0.6) is 11.5 Å². The number of benzene rings is 2. The van der Waals surface area contributed by atoms with Gasteiger partial charge in [0.15, 0.2) is 11.5 Å². The number of halogens is 3. The Balaban J connectivity index is 2.07. The van der Waals surface area contributed by atoms with Crippen molar-refractivity contribution in [1.29, 1.82) is 0 Å². The van der Waals surface area contributed by atoms with Crippen molar-refractivity contribution in [1.82, 2.24) is 4.98 Å². The number of alkyl halides is 3. The lowest BCUT2D eigenvalue weighted by atomic mass is 10.2. The van der Waals surface area contributed by atoms with E-state index in [4.69, 9.17) is 4.74 Å². The SMILES string of the molecule is COc1ccc(-c2nc3cc(C(F)(F)F)ccc3s2)cc1O. The molecule has 0 unspecified atom stereocenters. The van der Waals surface area contributed by atoms with Gasteiger partial charge in [-0.1, -0.05) is 0 Å². The molecule has 3 rings (SSSR count). The molecule has 1 heterocycles. The Morgan fingerprint density at radius 1 is 1.14 bits per heavy atom. The van der Waals surface area contributed by atoms with Gasteiger partial charge in [0.05, 0.1) is 22.9 Å². The number of aromatic hydroxyl groups is 1. The summed E-state index contributed by atoms with van der Waals surface area (Å²) in [5, 5.41) is 10.3. The second-order valence-corrected chi connectivity index (χ2v) is 5.62. The third-order valence-electron chi connectivity index (χ3n) is 3.14. The molecule has 1 aromatic heterocycles. The molecule has 1 N–H and O–H groups in total. The van der Waals surface area contributed by atoms with Crippen molar-refractivity contribution in [2.24, 2.45) is 0 Å². The molecule has 0 aliphatic heterocycles. The van der Waals surface area contributed by atoms with Gasteiger partial charge in [0, 0.05) is 5.56 Å². The normalized spacial score (nSPS) is 11.8. The predicted octanol–water partition coefficient (Wildman–Crippen LogP) is 4.70. The molecule has 0 saturated heterocycles. The van der Waals surface area contributed by atoms with E-state index in [9.17, 15) is 18.3 Å². The third kappa shape index (κ3) is 2.59. The number of hydrogen-bond donors (Lipinski definition) is 1. The van der Waals surface area contributed by atoms with Crippen LogP contribution < -0.4 is 4.74 Å². The lowest BCUT2D eigenvalue weighted by Gasteiger charge is -2.04. The summed E-state index contributed by atoms with van der Waals surface area (Å²) in [6.45, 7) is 0. The van der Waals surface area contributed by atoms with E-state index < -0.39 is 11.7 Å². The van der Waals surface area contributed by atoms with Gasteiger partial charge in [0.25, 0.3) is 0 Å². The molecule has 0 spiro atoms. The zero-order chi connectivity index (χ0) is 15.9. The van der Waals surface area contributed by atoms with Gasteiger partial charge in [-0.3, -0.25) is 0 Å². The molecule has 2 aromatic carbocycles. The number of methoxy groups -OCH3 is 1. The molecular formula is C15H10F3NO2S. The minimum atomic E-state index is -4.39. The second-order valence-electron chi connectivity index (χ2n) is 4.59. The van der Waals surface area contributed by atoms with Crippen LogP contribution in [-0.2, 0) is 6.18 Å². The number of hydrogen-bond acceptors (Lipinski definition) is 4. The van der Waals surface area contributed by atoms with Crippen molar-refractivity contribution >= 4 is 21.6 Å². The number of phenolic OH excluding ortho intramolecular Hbond substituents is 1. The first-order valence-electron chi connectivity index (χ1n) is 6.23. The van der Waals surface area contributed by atoms with E-state index in [1.807, 2.05) is 0 Å². The van der Waals surface area contributed by atoms with Crippen LogP contribution in [0.25, 0.3) is 20.8 Å². The highest BCUT2D eigenvalue weighted by Crippen LogP contribution is 2.37. The number of aromatic nitrogens is 1. The molecule has 0 aliphatic carbocycles. The van der Waals surface area contributed by atoms with Gasteiger partial charge in [0.1, 0.15) is 5.01 Å². The van der Waals surface area contributed by atoms with Crippen molar-refractivity contribution in [3.63, 3.8) is 0 Å². The number of nitrogens with zero attached hydrogens (tertiary/aromatic N) is 1. The van der Waals surface area contributed by atoms with Gasteiger partial charge in [-0.15, -0.1) is 11.3 Å². The number of fused-ring (bicyclic) bond motifs is 1. The summed E-state index contributed by atoms with van der Waals surface area (Å²) in [5.41, 5.74) is 0.174. The van der Waals surface area contributed by atoms with Gasteiger partial charge in [-0.2, -0.15) is 13.2 Å². The molecule has 0 saturated carbocycles. The summed E-state index contributed by atoms with van der Waals surface area (Å²) < 4.78 is 43.7. The van der Waals surface area contributed by atoms with Crippen LogP contribution in [0.15, 0.2) is 36.4 Å². The van der Waals surface area contributed by atoms with Crippen molar-refractivity contribution in [3.05, 3.63) is 42.0 Å². The first kappa shape index (κ1) is 14.6. The first-order valence-corrected chi connectivity index (χ1v) is 7.05. The molecule has 3 aromatic rings. The van der Waals surface area contributed by atoms with Crippen LogP contribution in [0.1, 0.15) is 5.56 Å². The van der Waals surface area contributed by atoms with E-state index in [1.54, 1.807) is 12.1 Å². The first-order chi connectivity index (χ1) is 10.4. The van der Waals surface area contributed by atoms with Crippen LogP contribution in [0, 0.1) is 0 Å². The van der Waals surface area contributed by atoms with Crippen molar-refractivity contribution in [3.8, 4) is 22.1 Å². The third-order valence-corrected chi connectivity index (χ3v) is 4.23. The molecule has 22 heavy (non-hydrogen) atoms. The van der Waals surface area contributed by atoms with Gasteiger partial charge in [-0.05, 0) is 36.4 Å². The molecule has 3 nitrogen and oxygen atoms in total. The van der Waals surface area contributed by atoms with Gasteiger partial charge in [-0.25, -0.2) is 4.98 Å². The largest absolute Gasteiger partial charge is 0.504 e. The molecule has 0 atom stereocenters. The standard InChI is InChI=1S/C15H10F3NO2S/c1-21-12-4-2-8(6-11(12)20)14-19-10-7-9(15(16,17)18)3-5-13(10)22-14/h2-7,20H,1H3. The zero-order valence-corrected chi connectivity index (χ0v) is 12.1. The molecule has 0 fully saturated rings. The lowest BCUT2D eigenvalue weighted by molar-refractivity contribution is -0.137. The minimum absolute atomic E-state index is 0.0461. The van der Waals surface area contributed by atoms with E-state index in [1.165, 1.54) is 30.6 Å². The van der Waals surface area contributed by atoms with Crippen LogP contribution in [0.4, 0.5) is 13.2 Å². The Bertz CT molecular complexity index is 842. The van der Waals surface area contributed by atoms with Crippen molar-refractivity contribution < 1.29 is 23.0 Å². The Kier molecular flexibility index (Phi) is 3.44. The monoisotopic (exact) mass is 325 g/mol. The summed E-state index contributed by atoms with van der Waals surface area (Å²) in [5.74, 6) is 0.277. The fourth-order valence-electron chi connectivity index (χ4n) is 2.05. The number of thiazole rings is 1. The van der Waals surface area contributed by atoms with Crippen LogP contribution in [-0.4, -0.2) is 17.2 Å². The maximum Gasteiger partial charge on any atom is 0.416 e. The van der Waals surface area contributed by atoms with Gasteiger partial charge < -0.3 is 9.84 Å². The summed E-state index contributed by atoms with van der Waals surface area (Å²) in [6, 6.07) is 8.22. The average molecular weight is 325 g/mol. The minimum Gasteiger partial charge on any atom is -0.504 e. The Hall–Kier alpha value is -2.28. The van der Waals surface area contributed by atoms with E-state index >= 15 is 0 Å². The Labute approximate surface area is 127 Å². The Morgan fingerprint density at radius 2 is 1.91 bits per heavy atom. The number of phenols is 1. The summed E-state index contributed by atoms with van der Waals surface area (Å²) in [4.78, 5) is 4.22.